The van der Waals surface area contributed by atoms with Gasteiger partial charge in [-0.1, -0.05) is 6.07 Å². The highest BCUT2D eigenvalue weighted by Gasteiger charge is 2.25. The Morgan fingerprint density at radius 2 is 1.64 bits per heavy atom. The summed E-state index contributed by atoms with van der Waals surface area (Å²) in [5, 5.41) is 2.46. The molecule has 10 heteroatoms. The molecule has 2 heterocycles. The van der Waals surface area contributed by atoms with Crippen molar-refractivity contribution in [1.82, 2.24) is 19.8 Å². The molecule has 1 aromatic heterocycles. The molecule has 0 spiro atoms. The molecule has 0 radical (unpaired) electrons. The Morgan fingerprint density at radius 3 is 2.21 bits per heavy atom. The molecule has 1 aliphatic heterocycles. The van der Waals surface area contributed by atoms with Crippen LogP contribution in [0.15, 0.2) is 30.6 Å². The van der Waals surface area contributed by atoms with Crippen molar-refractivity contribution in [1.29, 1.82) is 0 Å². The van der Waals surface area contributed by atoms with Crippen molar-refractivity contribution in [2.45, 2.75) is 6.92 Å². The molecule has 0 atom stereocenters. The molecule has 28 heavy (non-hydrogen) atoms. The van der Waals surface area contributed by atoms with Crippen LogP contribution in [0.4, 0.5) is 25.2 Å². The quantitative estimate of drug-likeness (QED) is 0.861. The van der Waals surface area contributed by atoms with E-state index < -0.39 is 17.7 Å². The van der Waals surface area contributed by atoms with Crippen LogP contribution in [-0.2, 0) is 4.74 Å². The number of rotatable bonds is 4. The van der Waals surface area contributed by atoms with Crippen LogP contribution in [0.3, 0.4) is 0 Å². The van der Waals surface area contributed by atoms with Gasteiger partial charge >= 0.3 is 6.09 Å². The summed E-state index contributed by atoms with van der Waals surface area (Å²) in [6.07, 6.45) is 2.18. The number of nitrogens with one attached hydrogen (secondary N) is 1. The monoisotopic (exact) mass is 391 g/mol. The Kier molecular flexibility index (Phi) is 5.97. The summed E-state index contributed by atoms with van der Waals surface area (Å²) in [6, 6.07) is 3.47. The van der Waals surface area contributed by atoms with Crippen molar-refractivity contribution in [2.24, 2.45) is 0 Å². The van der Waals surface area contributed by atoms with Gasteiger partial charge in [0.25, 0.3) is 5.91 Å². The topological polar surface area (TPSA) is 87.7 Å². The third kappa shape index (κ3) is 4.33. The molecule has 0 aliphatic carbocycles. The first-order valence-corrected chi connectivity index (χ1v) is 8.73. The van der Waals surface area contributed by atoms with Crippen molar-refractivity contribution in [3.63, 3.8) is 0 Å². The normalized spacial score (nSPS) is 14.0. The van der Waals surface area contributed by atoms with E-state index in [1.165, 1.54) is 18.5 Å². The number of para-hydroxylation sites is 1. The van der Waals surface area contributed by atoms with Crippen molar-refractivity contribution in [3.05, 3.63) is 47.8 Å². The summed E-state index contributed by atoms with van der Waals surface area (Å²) in [5.74, 6) is -1.87. The molecule has 2 amide bonds. The number of nitrogens with zero attached hydrogens (tertiary/aromatic N) is 4. The maximum Gasteiger partial charge on any atom is 0.409 e. The van der Waals surface area contributed by atoms with Gasteiger partial charge in [-0.15, -0.1) is 0 Å². The Balaban J connectivity index is 1.61. The number of aromatic nitrogens is 2. The number of anilines is 2. The number of carbonyl (C=O) groups is 2. The minimum absolute atomic E-state index is 0.0346. The average molecular weight is 391 g/mol. The zero-order valence-electron chi connectivity index (χ0n) is 15.2. The summed E-state index contributed by atoms with van der Waals surface area (Å²) >= 11 is 0. The van der Waals surface area contributed by atoms with E-state index in [4.69, 9.17) is 4.74 Å². The first kappa shape index (κ1) is 19.5. The minimum Gasteiger partial charge on any atom is -0.450 e. The number of benzene rings is 1. The molecule has 2 aromatic rings. The smallest absolute Gasteiger partial charge is 0.409 e. The number of ether oxygens (including phenoxy) is 1. The summed E-state index contributed by atoms with van der Waals surface area (Å²) in [6.45, 7) is 3.49. The standard InChI is InChI=1S/C18H19F2N5O3/c1-2-28-18(27)25-8-6-24(7-9-25)16(26)12-10-21-17(22-11-12)23-15-13(19)4-3-5-14(15)20/h3-5,10-11H,2,6-9H2,1H3,(H,21,22,23). The molecule has 0 unspecified atom stereocenters. The number of amides is 2. The molecule has 3 rings (SSSR count). The molecule has 1 N–H and O–H groups in total. The maximum atomic E-state index is 13.7. The fourth-order valence-corrected chi connectivity index (χ4v) is 2.72. The van der Waals surface area contributed by atoms with Gasteiger partial charge in [0.05, 0.1) is 12.2 Å². The van der Waals surface area contributed by atoms with E-state index in [0.29, 0.717) is 32.8 Å². The van der Waals surface area contributed by atoms with Crippen LogP contribution in [-0.4, -0.2) is 64.6 Å². The van der Waals surface area contributed by atoms with Gasteiger partial charge in [-0.05, 0) is 19.1 Å². The van der Waals surface area contributed by atoms with Gasteiger partial charge < -0.3 is 19.9 Å². The van der Waals surface area contributed by atoms with Gasteiger partial charge in [0.1, 0.15) is 17.3 Å². The fraction of sp³-hybridized carbons (Fsp3) is 0.333. The van der Waals surface area contributed by atoms with E-state index >= 15 is 0 Å². The van der Waals surface area contributed by atoms with Gasteiger partial charge in [-0.2, -0.15) is 0 Å². The van der Waals surface area contributed by atoms with Crippen molar-refractivity contribution in [2.75, 3.05) is 38.1 Å². The van der Waals surface area contributed by atoms with Crippen LogP contribution in [0.5, 0.6) is 0 Å². The molecule has 0 bridgehead atoms. The number of halogens is 2. The lowest BCUT2D eigenvalue weighted by molar-refractivity contribution is 0.0570. The molecular formula is C18H19F2N5O3. The SMILES string of the molecule is CCOC(=O)N1CCN(C(=O)c2cnc(Nc3c(F)cccc3F)nc2)CC1. The number of hydrogen-bond donors (Lipinski definition) is 1. The first-order chi connectivity index (χ1) is 13.5. The lowest BCUT2D eigenvalue weighted by Crippen LogP contribution is -2.50. The highest BCUT2D eigenvalue weighted by atomic mass is 19.1. The summed E-state index contributed by atoms with van der Waals surface area (Å²) < 4.78 is 32.3. The molecule has 8 nitrogen and oxygen atoms in total. The van der Waals surface area contributed by atoms with Gasteiger partial charge in [-0.25, -0.2) is 23.5 Å². The minimum atomic E-state index is -0.775. The van der Waals surface area contributed by atoms with E-state index in [1.54, 1.807) is 16.7 Å². The van der Waals surface area contributed by atoms with E-state index in [1.807, 2.05) is 0 Å². The summed E-state index contributed by atoms with van der Waals surface area (Å²) in [7, 11) is 0. The van der Waals surface area contributed by atoms with E-state index in [0.717, 1.165) is 12.1 Å². The van der Waals surface area contributed by atoms with Gasteiger partial charge in [0.2, 0.25) is 5.95 Å². The summed E-state index contributed by atoms with van der Waals surface area (Å²) in [5.41, 5.74) is -0.124. The maximum absolute atomic E-state index is 13.7. The van der Waals surface area contributed by atoms with E-state index in [-0.39, 0.29) is 23.1 Å². The highest BCUT2D eigenvalue weighted by Crippen LogP contribution is 2.21. The lowest BCUT2D eigenvalue weighted by atomic mass is 10.2. The third-order valence-electron chi connectivity index (χ3n) is 4.19. The predicted molar refractivity (Wildman–Crippen MR) is 96.2 cm³/mol. The van der Waals surface area contributed by atoms with Crippen molar-refractivity contribution < 1.29 is 23.1 Å². The fourth-order valence-electron chi connectivity index (χ4n) is 2.72. The Labute approximate surface area is 160 Å². The van der Waals surface area contributed by atoms with Crippen LogP contribution in [0.1, 0.15) is 17.3 Å². The molecule has 148 valence electrons. The van der Waals surface area contributed by atoms with Crippen LogP contribution < -0.4 is 5.32 Å². The zero-order valence-corrected chi connectivity index (χ0v) is 15.2. The van der Waals surface area contributed by atoms with E-state index in [9.17, 15) is 18.4 Å². The van der Waals surface area contributed by atoms with Crippen molar-refractivity contribution >= 4 is 23.6 Å². The zero-order chi connectivity index (χ0) is 20.1. The molecule has 1 aromatic carbocycles. The Morgan fingerprint density at radius 1 is 1.07 bits per heavy atom. The van der Waals surface area contributed by atoms with Crippen LogP contribution >= 0.6 is 0 Å². The predicted octanol–water partition coefficient (Wildman–Crippen LogP) is 2.41. The molecule has 1 aliphatic rings. The van der Waals surface area contributed by atoms with Crippen LogP contribution in [0.2, 0.25) is 0 Å². The Bertz CT molecular complexity index is 835. The first-order valence-electron chi connectivity index (χ1n) is 8.73. The molecular weight excluding hydrogens is 372 g/mol. The second-order valence-electron chi connectivity index (χ2n) is 6.00. The van der Waals surface area contributed by atoms with E-state index in [2.05, 4.69) is 15.3 Å². The van der Waals surface area contributed by atoms with Crippen LogP contribution in [0, 0.1) is 11.6 Å². The highest BCUT2D eigenvalue weighted by molar-refractivity contribution is 5.93. The number of carbonyl (C=O) groups excluding carboxylic acids is 2. The van der Waals surface area contributed by atoms with Gasteiger partial charge in [0.15, 0.2) is 0 Å². The second kappa shape index (κ2) is 8.59. The number of piperazine rings is 1. The van der Waals surface area contributed by atoms with Gasteiger partial charge in [-0.3, -0.25) is 4.79 Å². The molecule has 1 fully saturated rings. The molecule has 0 saturated carbocycles. The molecule has 1 saturated heterocycles. The average Bonchev–Trinajstić information content (AvgIpc) is 2.71. The lowest BCUT2D eigenvalue weighted by Gasteiger charge is -2.33. The largest absolute Gasteiger partial charge is 0.450 e. The van der Waals surface area contributed by atoms with Crippen LogP contribution in [0.25, 0.3) is 0 Å². The second-order valence-corrected chi connectivity index (χ2v) is 6.00. The Hall–Kier alpha value is -3.30. The van der Waals surface area contributed by atoms with Crippen molar-refractivity contribution in [3.8, 4) is 0 Å². The third-order valence-corrected chi connectivity index (χ3v) is 4.19. The number of hydrogen-bond acceptors (Lipinski definition) is 6. The van der Waals surface area contributed by atoms with Gasteiger partial charge in [0, 0.05) is 38.6 Å². The summed E-state index contributed by atoms with van der Waals surface area (Å²) in [4.78, 5) is 35.3.